The van der Waals surface area contributed by atoms with E-state index in [1.165, 1.54) is 12.1 Å². The first kappa shape index (κ1) is 16.5. The topological polar surface area (TPSA) is 53.7 Å². The van der Waals surface area contributed by atoms with Crippen molar-refractivity contribution < 1.29 is 28.6 Å². The molecule has 2 N–H and O–H groups in total. The van der Waals surface area contributed by atoms with Gasteiger partial charge in [0.25, 0.3) is 0 Å². The van der Waals surface area contributed by atoms with Gasteiger partial charge in [-0.1, -0.05) is 0 Å². The highest BCUT2D eigenvalue weighted by atomic mass is 19.2. The smallest absolute Gasteiger partial charge is 0.493 e. The van der Waals surface area contributed by atoms with Crippen LogP contribution in [0.1, 0.15) is 29.1 Å². The fourth-order valence-corrected chi connectivity index (χ4v) is 2.83. The van der Waals surface area contributed by atoms with Crippen LogP contribution in [0, 0.1) is 17.5 Å². The molecule has 8 heteroatoms. The zero-order chi connectivity index (χ0) is 19.4. The van der Waals surface area contributed by atoms with Gasteiger partial charge in [-0.3, -0.25) is 0 Å². The number of rotatable bonds is 2. The minimum absolute atomic E-state index is 0.0682. The Morgan fingerprint density at radius 2 is 1.64 bits per heavy atom. The van der Waals surface area contributed by atoms with Crippen LogP contribution in [0.25, 0.3) is 10.8 Å². The van der Waals surface area contributed by atoms with Gasteiger partial charge in [-0.15, -0.1) is 0 Å². The number of nitrogens with two attached hydrogens (primary N) is 1. The number of methoxy groups -OCH3 is 1. The summed E-state index contributed by atoms with van der Waals surface area (Å²) < 4.78 is 66.7. The van der Waals surface area contributed by atoms with Crippen LogP contribution in [0.3, 0.4) is 0 Å². The summed E-state index contributed by atoms with van der Waals surface area (Å²) in [5.41, 5.74) is 4.76. The zero-order valence-corrected chi connectivity index (χ0v) is 14.4. The predicted molar refractivity (Wildman–Crippen MR) is 90.5 cm³/mol. The van der Waals surface area contributed by atoms with Crippen molar-refractivity contribution in [3.05, 3.63) is 29.6 Å². The van der Waals surface area contributed by atoms with Crippen molar-refractivity contribution in [3.8, 4) is 5.75 Å². The van der Waals surface area contributed by atoms with Crippen LogP contribution in [-0.4, -0.2) is 25.4 Å². The molecule has 4 nitrogen and oxygen atoms in total. The van der Waals surface area contributed by atoms with Crippen LogP contribution in [0.5, 0.6) is 5.75 Å². The molecule has 0 amide bonds. The lowest BCUT2D eigenvalue weighted by molar-refractivity contribution is 0.00578. The van der Waals surface area contributed by atoms with Crippen molar-refractivity contribution in [2.75, 3.05) is 12.8 Å². The molecule has 0 unspecified atom stereocenters. The first-order valence-electron chi connectivity index (χ1n) is 8.38. The zero-order valence-electron chi connectivity index (χ0n) is 15.4. The molecule has 0 aromatic heterocycles. The molecule has 2 aromatic rings. The fraction of sp³-hybridized carbons (Fsp3) is 0.412. The number of halogens is 3. The Hall–Kier alpha value is -1.93. The normalized spacial score (nSPS) is 19.3. The lowest BCUT2D eigenvalue weighted by Crippen LogP contribution is -2.41. The Morgan fingerprint density at radius 1 is 1.04 bits per heavy atom. The van der Waals surface area contributed by atoms with Crippen LogP contribution in [-0.2, 0) is 9.31 Å². The summed E-state index contributed by atoms with van der Waals surface area (Å²) >= 11 is 0. The molecule has 0 saturated carbocycles. The Kier molecular flexibility index (Phi) is 3.66. The second-order valence-electron chi connectivity index (χ2n) is 7.04. The molecule has 2 aromatic carbocycles. The maximum absolute atomic E-state index is 14.4. The van der Waals surface area contributed by atoms with Crippen molar-refractivity contribution in [3.63, 3.8) is 0 Å². The van der Waals surface area contributed by atoms with Gasteiger partial charge in [-0.25, -0.2) is 8.78 Å². The molecule has 1 fully saturated rings. The first-order chi connectivity index (χ1) is 12.0. The fourth-order valence-electron chi connectivity index (χ4n) is 2.83. The van der Waals surface area contributed by atoms with Crippen molar-refractivity contribution in [2.45, 2.75) is 38.9 Å². The third kappa shape index (κ3) is 2.55. The monoisotopic (exact) mass is 354 g/mol. The lowest BCUT2D eigenvalue weighted by Gasteiger charge is -2.32. The average Bonchev–Trinajstić information content (AvgIpc) is 2.77. The van der Waals surface area contributed by atoms with E-state index in [1.807, 2.05) is 27.7 Å². The van der Waals surface area contributed by atoms with Crippen LogP contribution < -0.4 is 15.9 Å². The summed E-state index contributed by atoms with van der Waals surface area (Å²) in [6, 6.07) is 2.62. The Morgan fingerprint density at radius 3 is 2.20 bits per heavy atom. The predicted octanol–water partition coefficient (Wildman–Crippen LogP) is 3.15. The van der Waals surface area contributed by atoms with E-state index in [2.05, 4.69) is 0 Å². The lowest BCUT2D eigenvalue weighted by atomic mass is 9.75. The summed E-state index contributed by atoms with van der Waals surface area (Å²) in [5.74, 6) is -5.16. The summed E-state index contributed by atoms with van der Waals surface area (Å²) in [5, 5.41) is -0.335. The second-order valence-corrected chi connectivity index (χ2v) is 7.04. The van der Waals surface area contributed by atoms with E-state index in [4.69, 9.17) is 21.2 Å². The molecule has 1 aliphatic rings. The van der Waals surface area contributed by atoms with Gasteiger partial charge in [-0.05, 0) is 45.3 Å². The van der Waals surface area contributed by atoms with Gasteiger partial charge in [0, 0.05) is 16.5 Å². The van der Waals surface area contributed by atoms with Gasteiger partial charge in [0.05, 0.1) is 19.7 Å². The van der Waals surface area contributed by atoms with Crippen molar-refractivity contribution in [1.29, 1.82) is 0 Å². The average molecular weight is 354 g/mol. The molecule has 25 heavy (non-hydrogen) atoms. The van der Waals surface area contributed by atoms with E-state index < -0.39 is 48.6 Å². The minimum Gasteiger partial charge on any atom is -0.493 e. The summed E-state index contributed by atoms with van der Waals surface area (Å²) in [6.45, 7) is 7.29. The van der Waals surface area contributed by atoms with Crippen LogP contribution in [0.15, 0.2) is 12.1 Å². The van der Waals surface area contributed by atoms with Crippen molar-refractivity contribution in [2.24, 2.45) is 0 Å². The molecule has 0 bridgehead atoms. The van der Waals surface area contributed by atoms with Gasteiger partial charge in [0.1, 0.15) is 0 Å². The molecule has 0 atom stereocenters. The number of ether oxygens (including phenoxy) is 1. The molecule has 1 saturated heterocycles. The van der Waals surface area contributed by atoms with Gasteiger partial charge in [0.2, 0.25) is 5.82 Å². The molecule has 1 aliphatic heterocycles. The number of nitrogen functional groups attached to an aromatic ring is 1. The third-order valence-corrected chi connectivity index (χ3v) is 4.89. The van der Waals surface area contributed by atoms with E-state index in [9.17, 15) is 13.2 Å². The third-order valence-electron chi connectivity index (χ3n) is 4.89. The van der Waals surface area contributed by atoms with Crippen LogP contribution in [0.4, 0.5) is 18.9 Å². The Bertz CT molecular complexity index is 876. The Balaban J connectivity index is 2.33. The molecule has 1 heterocycles. The summed E-state index contributed by atoms with van der Waals surface area (Å²) in [4.78, 5) is 0. The van der Waals surface area contributed by atoms with Crippen LogP contribution in [0.2, 0.25) is 0 Å². The SMILES string of the molecule is [2H]COc1c(F)c(F)c(F)c2cc(N)cc(B3OC(C)(C)C(C)(C)O3)c12. The number of benzene rings is 2. The van der Waals surface area contributed by atoms with Gasteiger partial charge >= 0.3 is 7.12 Å². The summed E-state index contributed by atoms with van der Waals surface area (Å²) in [6.07, 6.45) is 0. The van der Waals surface area contributed by atoms with Crippen molar-refractivity contribution >= 4 is 29.0 Å². The second kappa shape index (κ2) is 5.54. The molecule has 134 valence electrons. The highest BCUT2D eigenvalue weighted by Gasteiger charge is 2.52. The van der Waals surface area contributed by atoms with E-state index in [0.717, 1.165) is 0 Å². The summed E-state index contributed by atoms with van der Waals surface area (Å²) in [7, 11) is -1.67. The molecule has 0 radical (unpaired) electrons. The van der Waals surface area contributed by atoms with Crippen LogP contribution >= 0.6 is 0 Å². The van der Waals surface area contributed by atoms with Gasteiger partial charge in [-0.2, -0.15) is 4.39 Å². The standard InChI is InChI=1S/C17H19BF3NO3/c1-16(2)17(3,4)25-18(24-16)10-7-8(22)6-9-11(10)15(23-5)14(21)13(20)12(9)19/h6-7H,22H2,1-5H3/i5D. The molecular weight excluding hydrogens is 334 g/mol. The molecule has 0 spiro atoms. The van der Waals surface area contributed by atoms with E-state index in [1.54, 1.807) is 0 Å². The number of fused-ring (bicyclic) bond motifs is 1. The highest BCUT2D eigenvalue weighted by molar-refractivity contribution is 6.65. The van der Waals surface area contributed by atoms with Gasteiger partial charge < -0.3 is 19.8 Å². The number of hydrogen-bond donors (Lipinski definition) is 1. The first-order valence-corrected chi connectivity index (χ1v) is 7.67. The minimum atomic E-state index is -1.69. The largest absolute Gasteiger partial charge is 0.495 e. The highest BCUT2D eigenvalue weighted by Crippen LogP contribution is 2.39. The maximum atomic E-state index is 14.4. The molecular formula is C17H19BF3NO3. The quantitative estimate of drug-likeness (QED) is 0.512. The van der Waals surface area contributed by atoms with Gasteiger partial charge in [0.15, 0.2) is 17.4 Å². The molecule has 0 aliphatic carbocycles. The Labute approximate surface area is 145 Å². The number of hydrogen-bond acceptors (Lipinski definition) is 4. The van der Waals surface area contributed by atoms with E-state index in [0.29, 0.717) is 0 Å². The number of anilines is 1. The van der Waals surface area contributed by atoms with Crippen molar-refractivity contribution in [1.82, 2.24) is 0 Å². The maximum Gasteiger partial charge on any atom is 0.495 e. The van der Waals surface area contributed by atoms with E-state index >= 15 is 0 Å². The van der Waals surface area contributed by atoms with E-state index in [-0.39, 0.29) is 21.9 Å². The molecule has 3 rings (SSSR count).